The van der Waals surface area contributed by atoms with Crippen molar-refractivity contribution in [2.45, 2.75) is 19.9 Å². The molecule has 2 nitrogen and oxygen atoms in total. The quantitative estimate of drug-likeness (QED) is 0.796. The molecule has 0 aliphatic heterocycles. The van der Waals surface area contributed by atoms with E-state index in [9.17, 15) is 4.21 Å². The Kier molecular flexibility index (Phi) is 6.03. The zero-order chi connectivity index (χ0) is 12.0. The molecular weight excluding hydrogens is 242 g/mol. The van der Waals surface area contributed by atoms with E-state index in [1.54, 1.807) is 6.26 Å². The SMILES string of the molecule is Cc1ccc(CNCCCS(C)=O)c(Cl)c1. The molecule has 1 atom stereocenters. The molecular formula is C12H18ClNOS. The van der Waals surface area contributed by atoms with Crippen LogP contribution in [0.3, 0.4) is 0 Å². The van der Waals surface area contributed by atoms with Crippen LogP contribution >= 0.6 is 11.6 Å². The van der Waals surface area contributed by atoms with Crippen LogP contribution in [0.25, 0.3) is 0 Å². The molecule has 0 bridgehead atoms. The Morgan fingerprint density at radius 1 is 1.44 bits per heavy atom. The second-order valence-electron chi connectivity index (χ2n) is 3.90. The lowest BCUT2D eigenvalue weighted by Gasteiger charge is -2.07. The summed E-state index contributed by atoms with van der Waals surface area (Å²) in [6.45, 7) is 3.68. The van der Waals surface area contributed by atoms with Crippen molar-refractivity contribution in [3.05, 3.63) is 34.3 Å². The summed E-state index contributed by atoms with van der Waals surface area (Å²) in [5, 5.41) is 4.11. The summed E-state index contributed by atoms with van der Waals surface area (Å²) in [7, 11) is -0.687. The minimum Gasteiger partial charge on any atom is -0.313 e. The molecule has 0 aliphatic carbocycles. The molecule has 0 spiro atoms. The summed E-state index contributed by atoms with van der Waals surface area (Å²) in [4.78, 5) is 0. The minimum atomic E-state index is -0.687. The van der Waals surface area contributed by atoms with Gasteiger partial charge in [-0.05, 0) is 37.1 Å². The van der Waals surface area contributed by atoms with Crippen LogP contribution in [0.5, 0.6) is 0 Å². The van der Waals surface area contributed by atoms with E-state index >= 15 is 0 Å². The summed E-state index contributed by atoms with van der Waals surface area (Å²) in [6.07, 6.45) is 2.67. The van der Waals surface area contributed by atoms with Crippen molar-refractivity contribution >= 4 is 22.4 Å². The number of hydrogen-bond acceptors (Lipinski definition) is 2. The molecule has 1 N–H and O–H groups in total. The van der Waals surface area contributed by atoms with Crippen molar-refractivity contribution in [2.75, 3.05) is 18.6 Å². The fraction of sp³-hybridized carbons (Fsp3) is 0.500. The minimum absolute atomic E-state index is 0.687. The van der Waals surface area contributed by atoms with Crippen molar-refractivity contribution in [2.24, 2.45) is 0 Å². The van der Waals surface area contributed by atoms with E-state index in [2.05, 4.69) is 11.4 Å². The van der Waals surface area contributed by atoms with Crippen LogP contribution in [0.15, 0.2) is 18.2 Å². The number of halogens is 1. The number of aryl methyl sites for hydroxylation is 1. The molecule has 90 valence electrons. The topological polar surface area (TPSA) is 29.1 Å². The van der Waals surface area contributed by atoms with Gasteiger partial charge in [0.25, 0.3) is 0 Å². The molecule has 1 aromatic carbocycles. The molecule has 0 radical (unpaired) electrons. The molecule has 4 heteroatoms. The van der Waals surface area contributed by atoms with Crippen molar-refractivity contribution in [3.63, 3.8) is 0 Å². The third-order valence-corrected chi connectivity index (χ3v) is 3.52. The monoisotopic (exact) mass is 259 g/mol. The Morgan fingerprint density at radius 2 is 2.19 bits per heavy atom. The lowest BCUT2D eigenvalue weighted by Crippen LogP contribution is -2.16. The van der Waals surface area contributed by atoms with Gasteiger partial charge in [0.2, 0.25) is 0 Å². The van der Waals surface area contributed by atoms with Gasteiger partial charge in [0.1, 0.15) is 0 Å². The highest BCUT2D eigenvalue weighted by molar-refractivity contribution is 7.84. The first kappa shape index (κ1) is 13.7. The van der Waals surface area contributed by atoms with Crippen molar-refractivity contribution in [3.8, 4) is 0 Å². The second-order valence-corrected chi connectivity index (χ2v) is 5.86. The lowest BCUT2D eigenvalue weighted by atomic mass is 10.1. The van der Waals surface area contributed by atoms with E-state index < -0.39 is 10.8 Å². The summed E-state index contributed by atoms with van der Waals surface area (Å²) in [6, 6.07) is 6.08. The highest BCUT2D eigenvalue weighted by Crippen LogP contribution is 2.17. The molecule has 0 heterocycles. The standard InChI is InChI=1S/C12H18ClNOS/c1-10-4-5-11(12(13)8-10)9-14-6-3-7-16(2)15/h4-5,8,14H,3,6-7,9H2,1-2H3. The molecule has 0 fully saturated rings. The Bertz CT molecular complexity index is 368. The maximum Gasteiger partial charge on any atom is 0.0453 e. The molecule has 1 rings (SSSR count). The maximum atomic E-state index is 10.8. The van der Waals surface area contributed by atoms with Gasteiger partial charge in [0.15, 0.2) is 0 Å². The van der Waals surface area contributed by atoms with E-state index in [4.69, 9.17) is 11.6 Å². The van der Waals surface area contributed by atoms with E-state index in [0.29, 0.717) is 0 Å². The lowest BCUT2D eigenvalue weighted by molar-refractivity contribution is 0.662. The van der Waals surface area contributed by atoms with Gasteiger partial charge in [-0.25, -0.2) is 0 Å². The van der Waals surface area contributed by atoms with Crippen LogP contribution in [0.2, 0.25) is 5.02 Å². The van der Waals surface area contributed by atoms with E-state index in [0.717, 1.165) is 35.8 Å². The van der Waals surface area contributed by atoms with Gasteiger partial charge in [-0.2, -0.15) is 0 Å². The molecule has 1 aromatic rings. The average Bonchev–Trinajstić information content (AvgIpc) is 2.20. The van der Waals surface area contributed by atoms with Crippen molar-refractivity contribution in [1.29, 1.82) is 0 Å². The zero-order valence-corrected chi connectivity index (χ0v) is 11.3. The molecule has 16 heavy (non-hydrogen) atoms. The number of rotatable bonds is 6. The van der Waals surface area contributed by atoms with Gasteiger partial charge in [-0.3, -0.25) is 4.21 Å². The molecule has 0 aliphatic rings. The number of benzene rings is 1. The van der Waals surface area contributed by atoms with Crippen LogP contribution in [0.4, 0.5) is 0 Å². The number of hydrogen-bond donors (Lipinski definition) is 1. The normalized spacial score (nSPS) is 12.7. The fourth-order valence-corrected chi connectivity index (χ4v) is 2.27. The highest BCUT2D eigenvalue weighted by Gasteiger charge is 1.99. The first-order valence-corrected chi connectivity index (χ1v) is 7.46. The molecule has 0 saturated heterocycles. The third-order valence-electron chi connectivity index (χ3n) is 2.31. The predicted octanol–water partition coefficient (Wildman–Crippen LogP) is 2.51. The van der Waals surface area contributed by atoms with Gasteiger partial charge in [0, 0.05) is 34.4 Å². The van der Waals surface area contributed by atoms with Crippen LogP contribution in [-0.4, -0.2) is 22.8 Å². The van der Waals surface area contributed by atoms with Gasteiger partial charge < -0.3 is 5.32 Å². The second kappa shape index (κ2) is 7.05. The first-order chi connectivity index (χ1) is 7.59. The summed E-state index contributed by atoms with van der Waals surface area (Å²) < 4.78 is 10.8. The Balaban J connectivity index is 2.29. The van der Waals surface area contributed by atoms with E-state index in [1.807, 2.05) is 19.1 Å². The van der Waals surface area contributed by atoms with Gasteiger partial charge in [-0.1, -0.05) is 23.7 Å². The maximum absolute atomic E-state index is 10.8. The van der Waals surface area contributed by atoms with E-state index in [-0.39, 0.29) is 0 Å². The van der Waals surface area contributed by atoms with Gasteiger partial charge >= 0.3 is 0 Å². The summed E-state index contributed by atoms with van der Waals surface area (Å²) in [5.41, 5.74) is 2.29. The van der Waals surface area contributed by atoms with E-state index in [1.165, 1.54) is 5.56 Å². The summed E-state index contributed by atoms with van der Waals surface area (Å²) >= 11 is 6.10. The first-order valence-electron chi connectivity index (χ1n) is 5.35. The Labute approximate surface area is 105 Å². The Morgan fingerprint density at radius 3 is 2.81 bits per heavy atom. The van der Waals surface area contributed by atoms with Gasteiger partial charge in [-0.15, -0.1) is 0 Å². The van der Waals surface area contributed by atoms with Crippen LogP contribution in [0.1, 0.15) is 17.5 Å². The Hall–Kier alpha value is -0.380. The van der Waals surface area contributed by atoms with Crippen molar-refractivity contribution in [1.82, 2.24) is 5.32 Å². The molecule has 0 saturated carbocycles. The molecule has 1 unspecified atom stereocenters. The predicted molar refractivity (Wildman–Crippen MR) is 71.4 cm³/mol. The average molecular weight is 260 g/mol. The van der Waals surface area contributed by atoms with Gasteiger partial charge in [0.05, 0.1) is 0 Å². The largest absolute Gasteiger partial charge is 0.313 e. The smallest absolute Gasteiger partial charge is 0.0453 e. The van der Waals surface area contributed by atoms with Crippen molar-refractivity contribution < 1.29 is 4.21 Å². The fourth-order valence-electron chi connectivity index (χ4n) is 1.42. The molecule has 0 aromatic heterocycles. The molecule has 0 amide bonds. The van der Waals surface area contributed by atoms with Crippen LogP contribution in [0, 0.1) is 6.92 Å². The van der Waals surface area contributed by atoms with Crippen LogP contribution < -0.4 is 5.32 Å². The van der Waals surface area contributed by atoms with Crippen LogP contribution in [-0.2, 0) is 17.3 Å². The highest BCUT2D eigenvalue weighted by atomic mass is 35.5. The summed E-state index contributed by atoms with van der Waals surface area (Å²) in [5.74, 6) is 0.759. The number of nitrogens with one attached hydrogen (secondary N) is 1. The zero-order valence-electron chi connectivity index (χ0n) is 9.75. The third kappa shape index (κ3) is 5.10.